The number of para-hydroxylation sites is 1. The van der Waals surface area contributed by atoms with Crippen LogP contribution in [0.2, 0.25) is 0 Å². The molecule has 0 bridgehead atoms. The lowest BCUT2D eigenvalue weighted by molar-refractivity contribution is -0.118. The molecule has 1 amide bonds. The van der Waals surface area contributed by atoms with E-state index in [1.54, 1.807) is 0 Å². The first-order valence-electron chi connectivity index (χ1n) is 9.61. The second-order valence-corrected chi connectivity index (χ2v) is 7.39. The van der Waals surface area contributed by atoms with Crippen LogP contribution in [0.4, 0.5) is 0 Å². The van der Waals surface area contributed by atoms with Crippen molar-refractivity contribution in [2.45, 2.75) is 46.1 Å². The molecule has 4 nitrogen and oxygen atoms in total. The van der Waals surface area contributed by atoms with Gasteiger partial charge in [-0.3, -0.25) is 4.79 Å². The summed E-state index contributed by atoms with van der Waals surface area (Å²) in [6.07, 6.45) is 7.81. The monoisotopic (exact) mass is 359 g/mol. The van der Waals surface area contributed by atoms with Gasteiger partial charge in [-0.25, -0.2) is 4.98 Å². The van der Waals surface area contributed by atoms with Crippen molar-refractivity contribution in [1.29, 1.82) is 0 Å². The summed E-state index contributed by atoms with van der Waals surface area (Å²) in [7, 11) is 0. The largest absolute Gasteiger partial charge is 0.370 e. The van der Waals surface area contributed by atoms with Crippen molar-refractivity contribution in [3.8, 4) is 0 Å². The lowest BCUT2D eigenvalue weighted by atomic mass is 9.97. The van der Waals surface area contributed by atoms with E-state index in [9.17, 15) is 4.79 Å². The van der Waals surface area contributed by atoms with Crippen molar-refractivity contribution in [3.63, 3.8) is 0 Å². The van der Waals surface area contributed by atoms with E-state index >= 15 is 0 Å². The molecule has 0 unspecified atom stereocenters. The average Bonchev–Trinajstić information content (AvgIpc) is 3.05. The third-order valence-corrected chi connectivity index (χ3v) is 5.54. The lowest BCUT2D eigenvalue weighted by Crippen LogP contribution is -2.09. The van der Waals surface area contributed by atoms with E-state index in [-0.39, 0.29) is 5.91 Å². The molecule has 27 heavy (non-hydrogen) atoms. The van der Waals surface area contributed by atoms with Crippen molar-refractivity contribution in [3.05, 3.63) is 53.9 Å². The SMILES string of the molecule is Cc1c2cn(CCCCCC(N)=O)ccc2c(C)c2c1nc1ccccc12. The minimum atomic E-state index is -0.210. The molecule has 2 aromatic carbocycles. The molecule has 0 aliphatic rings. The van der Waals surface area contributed by atoms with Gasteiger partial charge in [0, 0.05) is 41.5 Å². The maximum absolute atomic E-state index is 10.8. The van der Waals surface area contributed by atoms with Gasteiger partial charge in [0.15, 0.2) is 0 Å². The fourth-order valence-corrected chi connectivity index (χ4v) is 4.07. The summed E-state index contributed by atoms with van der Waals surface area (Å²) in [6.45, 7) is 5.32. The zero-order chi connectivity index (χ0) is 19.0. The van der Waals surface area contributed by atoms with Gasteiger partial charge < -0.3 is 10.3 Å². The number of aryl methyl sites for hydroxylation is 3. The number of unbranched alkanes of at least 4 members (excludes halogenated alkanes) is 2. The van der Waals surface area contributed by atoms with Crippen LogP contribution in [0.25, 0.3) is 32.6 Å². The van der Waals surface area contributed by atoms with Crippen LogP contribution in [-0.2, 0) is 11.3 Å². The highest BCUT2D eigenvalue weighted by atomic mass is 16.1. The third-order valence-electron chi connectivity index (χ3n) is 5.54. The number of carbonyl (C=O) groups excluding carboxylic acids is 1. The number of aromatic nitrogens is 2. The highest BCUT2D eigenvalue weighted by molar-refractivity contribution is 6.16. The summed E-state index contributed by atoms with van der Waals surface area (Å²) in [6, 6.07) is 10.6. The van der Waals surface area contributed by atoms with Gasteiger partial charge in [0.25, 0.3) is 0 Å². The van der Waals surface area contributed by atoms with Gasteiger partial charge in [-0.15, -0.1) is 0 Å². The van der Waals surface area contributed by atoms with Crippen LogP contribution in [-0.4, -0.2) is 15.5 Å². The van der Waals surface area contributed by atoms with Crippen LogP contribution in [0, 0.1) is 13.8 Å². The number of hydrogen-bond acceptors (Lipinski definition) is 2. The minimum Gasteiger partial charge on any atom is -0.370 e. The Bertz CT molecular complexity index is 1160. The molecule has 0 saturated carbocycles. The molecule has 138 valence electrons. The number of rotatable bonds is 6. The first-order chi connectivity index (χ1) is 13.1. The molecule has 0 fully saturated rings. The summed E-state index contributed by atoms with van der Waals surface area (Å²) in [5.74, 6) is -0.210. The summed E-state index contributed by atoms with van der Waals surface area (Å²) in [4.78, 5) is 15.7. The molecular weight excluding hydrogens is 334 g/mol. The van der Waals surface area contributed by atoms with Crippen LogP contribution < -0.4 is 5.73 Å². The number of benzene rings is 2. The number of hydrogen-bond donors (Lipinski definition) is 1. The molecule has 2 N–H and O–H groups in total. The summed E-state index contributed by atoms with van der Waals surface area (Å²) >= 11 is 0. The Morgan fingerprint density at radius 1 is 1.00 bits per heavy atom. The van der Waals surface area contributed by atoms with Gasteiger partial charge in [0.2, 0.25) is 5.91 Å². The molecule has 0 aliphatic carbocycles. The van der Waals surface area contributed by atoms with Gasteiger partial charge in [-0.05, 0) is 55.3 Å². The third kappa shape index (κ3) is 3.16. The second kappa shape index (κ2) is 7.03. The Morgan fingerprint density at radius 2 is 1.81 bits per heavy atom. The number of fused-ring (bicyclic) bond motifs is 4. The minimum absolute atomic E-state index is 0.210. The molecule has 0 atom stereocenters. The van der Waals surface area contributed by atoms with Crippen molar-refractivity contribution < 1.29 is 4.79 Å². The Morgan fingerprint density at radius 3 is 2.63 bits per heavy atom. The lowest BCUT2D eigenvalue weighted by Gasteiger charge is -2.13. The van der Waals surface area contributed by atoms with Crippen molar-refractivity contribution in [1.82, 2.24) is 9.55 Å². The van der Waals surface area contributed by atoms with Crippen LogP contribution in [0.1, 0.15) is 36.8 Å². The molecule has 4 aromatic rings. The fourth-order valence-electron chi connectivity index (χ4n) is 4.07. The quantitative estimate of drug-likeness (QED) is 0.492. The van der Waals surface area contributed by atoms with Crippen molar-refractivity contribution in [2.75, 3.05) is 0 Å². The Balaban J connectivity index is 1.71. The van der Waals surface area contributed by atoms with Gasteiger partial charge in [-0.2, -0.15) is 0 Å². The Labute approximate surface area is 159 Å². The van der Waals surface area contributed by atoms with Gasteiger partial charge in [0.1, 0.15) is 0 Å². The van der Waals surface area contributed by atoms with E-state index in [0.717, 1.165) is 36.8 Å². The summed E-state index contributed by atoms with van der Waals surface area (Å²) in [5, 5.41) is 5.08. The van der Waals surface area contributed by atoms with E-state index in [4.69, 9.17) is 10.7 Å². The van der Waals surface area contributed by atoms with Crippen LogP contribution in [0.15, 0.2) is 42.7 Å². The number of nitrogens with zero attached hydrogens (tertiary/aromatic N) is 2. The fraction of sp³-hybridized carbons (Fsp3) is 0.304. The maximum atomic E-state index is 10.8. The molecule has 4 heteroatoms. The normalized spacial score (nSPS) is 11.6. The number of nitrogens with two attached hydrogens (primary N) is 1. The molecule has 2 heterocycles. The highest BCUT2D eigenvalue weighted by Gasteiger charge is 2.14. The topological polar surface area (TPSA) is 60.9 Å². The maximum Gasteiger partial charge on any atom is 0.217 e. The Hall–Kier alpha value is -2.88. The molecular formula is C23H25N3O. The second-order valence-electron chi connectivity index (χ2n) is 7.39. The number of carbonyl (C=O) groups is 1. The molecule has 0 saturated heterocycles. The number of primary amides is 1. The van der Waals surface area contributed by atoms with Crippen LogP contribution >= 0.6 is 0 Å². The summed E-state index contributed by atoms with van der Waals surface area (Å²) < 4.78 is 2.24. The van der Waals surface area contributed by atoms with E-state index in [1.807, 2.05) is 6.07 Å². The van der Waals surface area contributed by atoms with Crippen molar-refractivity contribution >= 4 is 38.5 Å². The zero-order valence-corrected chi connectivity index (χ0v) is 16.0. The summed E-state index contributed by atoms with van der Waals surface area (Å²) in [5.41, 5.74) is 9.92. The Kier molecular flexibility index (Phi) is 4.56. The van der Waals surface area contributed by atoms with E-state index in [2.05, 4.69) is 55.1 Å². The molecule has 0 spiro atoms. The smallest absolute Gasteiger partial charge is 0.217 e. The van der Waals surface area contributed by atoms with Crippen LogP contribution in [0.5, 0.6) is 0 Å². The average molecular weight is 359 g/mol. The van der Waals surface area contributed by atoms with Gasteiger partial charge in [-0.1, -0.05) is 24.6 Å². The van der Waals surface area contributed by atoms with Crippen LogP contribution in [0.3, 0.4) is 0 Å². The first kappa shape index (κ1) is 17.5. The van der Waals surface area contributed by atoms with Gasteiger partial charge in [0.05, 0.1) is 11.0 Å². The zero-order valence-electron chi connectivity index (χ0n) is 16.0. The molecule has 4 rings (SSSR count). The molecule has 2 aromatic heterocycles. The van der Waals surface area contributed by atoms with E-state index < -0.39 is 0 Å². The number of pyridine rings is 1. The van der Waals surface area contributed by atoms with Crippen molar-refractivity contribution in [2.24, 2.45) is 5.73 Å². The molecule has 0 aliphatic heterocycles. The predicted molar refractivity (Wildman–Crippen MR) is 112 cm³/mol. The first-order valence-corrected chi connectivity index (χ1v) is 9.61. The van der Waals surface area contributed by atoms with Gasteiger partial charge >= 0.3 is 0 Å². The highest BCUT2D eigenvalue weighted by Crippen LogP contribution is 2.36. The predicted octanol–water partition coefficient (Wildman–Crippen LogP) is 5.01. The number of amides is 1. The standard InChI is InChI=1S/C23H25N3O/c1-15-17-11-13-26(12-7-3-4-10-21(24)27)14-19(17)16(2)23-22(15)18-8-5-6-9-20(18)25-23/h5-6,8-9,11,13-14H,3-4,7,10,12H2,1-2H3,(H2,24,27). The molecule has 0 radical (unpaired) electrons. The van der Waals surface area contributed by atoms with E-state index in [0.29, 0.717) is 6.42 Å². The van der Waals surface area contributed by atoms with E-state index in [1.165, 1.54) is 32.7 Å².